The zero-order valence-corrected chi connectivity index (χ0v) is 29.1. The fourth-order valence-electron chi connectivity index (χ4n) is 2.05. The molecule has 0 saturated carbocycles. The van der Waals surface area contributed by atoms with Crippen molar-refractivity contribution in [3.63, 3.8) is 0 Å². The second kappa shape index (κ2) is 21.7. The van der Waals surface area contributed by atoms with Gasteiger partial charge in [-0.05, 0) is 0 Å². The predicted octanol–water partition coefficient (Wildman–Crippen LogP) is 7.16. The van der Waals surface area contributed by atoms with Crippen molar-refractivity contribution in [1.29, 1.82) is 0 Å². The molecule has 37 heavy (non-hydrogen) atoms. The molecule has 0 amide bonds. The number of phosphoric ester groups is 2. The molecule has 0 aromatic rings. The van der Waals surface area contributed by atoms with Gasteiger partial charge in [-0.15, -0.1) is 69.6 Å². The molecule has 5 atom stereocenters. The molecule has 5 unspecified atom stereocenters. The van der Waals surface area contributed by atoms with Crippen molar-refractivity contribution in [2.24, 2.45) is 5.41 Å². The number of phosphoric acid groups is 2. The van der Waals surface area contributed by atoms with Crippen LogP contribution in [0, 0.1) is 5.41 Å². The second-order valence-corrected chi connectivity index (χ2v) is 13.7. The van der Waals surface area contributed by atoms with Crippen LogP contribution in [0.2, 0.25) is 12.6 Å². The maximum absolute atomic E-state index is 13.5. The average molecular weight is 817 g/mol. The van der Waals surface area contributed by atoms with Crippen molar-refractivity contribution in [3.8, 4) is 0 Å². The summed E-state index contributed by atoms with van der Waals surface area (Å²) in [5.41, 5.74) is -1.12. The van der Waals surface area contributed by atoms with Crippen LogP contribution >= 0.6 is 117 Å². The van der Waals surface area contributed by atoms with Crippen molar-refractivity contribution < 1.29 is 36.3 Å². The Hall–Kier alpha value is 3.05. The van der Waals surface area contributed by atoms with Gasteiger partial charge in [-0.2, -0.15) is 0 Å². The molecule has 0 fully saturated rings. The van der Waals surface area contributed by atoms with Gasteiger partial charge in [-0.3, -0.25) is 27.1 Å². The Morgan fingerprint density at radius 2 is 1.00 bits per heavy atom. The van der Waals surface area contributed by atoms with Crippen LogP contribution in [-0.4, -0.2) is 99.3 Å². The first kappa shape index (κ1) is 40.0. The molecule has 0 saturated heterocycles. The highest BCUT2D eigenvalue weighted by molar-refractivity contribution is 9.09. The van der Waals surface area contributed by atoms with Crippen LogP contribution in [0.15, 0.2) is 0 Å². The van der Waals surface area contributed by atoms with Gasteiger partial charge in [0.05, 0.1) is 82.7 Å². The molecule has 4 radical (unpaired) electrons. The highest BCUT2D eigenvalue weighted by atomic mass is 79.9. The van der Waals surface area contributed by atoms with Crippen LogP contribution < -0.4 is 0 Å². The van der Waals surface area contributed by atoms with Gasteiger partial charge < -0.3 is 0 Å². The first-order valence-electron chi connectivity index (χ1n) is 10.6. The van der Waals surface area contributed by atoms with Gasteiger partial charge in [0.15, 0.2) is 0 Å². The van der Waals surface area contributed by atoms with Gasteiger partial charge in [0, 0.05) is 22.0 Å². The average Bonchev–Trinajstić information content (AvgIpc) is 2.92. The highest BCUT2D eigenvalue weighted by Gasteiger charge is 2.41. The van der Waals surface area contributed by atoms with E-state index in [9.17, 15) is 9.13 Å². The van der Waals surface area contributed by atoms with E-state index in [-0.39, 0.29) is 71.8 Å². The van der Waals surface area contributed by atoms with Gasteiger partial charge >= 0.3 is 15.6 Å². The summed E-state index contributed by atoms with van der Waals surface area (Å²) in [5, 5.41) is 0.388. The van der Waals surface area contributed by atoms with E-state index in [1.165, 1.54) is 0 Å². The Morgan fingerprint density at radius 1 is 0.649 bits per heavy atom. The lowest BCUT2D eigenvalue weighted by Crippen LogP contribution is -2.35. The molecule has 8 nitrogen and oxygen atoms in total. The lowest BCUT2D eigenvalue weighted by Gasteiger charge is -2.34. The van der Waals surface area contributed by atoms with Gasteiger partial charge in [0.25, 0.3) is 0 Å². The molecule has 0 aliphatic rings. The maximum Gasteiger partial charge on any atom is 0.475 e. The van der Waals surface area contributed by atoms with Gasteiger partial charge in [0.1, 0.15) is 0 Å². The fraction of sp³-hybridized carbons (Fsp3) is 1.00. The molecular formula is C17H28B2Br2Cl6O8P2. The van der Waals surface area contributed by atoms with Crippen LogP contribution in [0.3, 0.4) is 0 Å². The first-order chi connectivity index (χ1) is 17.5. The lowest BCUT2D eigenvalue weighted by atomic mass is 9.79. The fourth-order valence-corrected chi connectivity index (χ4v) is 8.51. The Labute approximate surface area is 268 Å². The number of rotatable bonds is 24. The minimum Gasteiger partial charge on any atom is -0.286 e. The van der Waals surface area contributed by atoms with E-state index in [1.807, 2.05) is 0 Å². The van der Waals surface area contributed by atoms with E-state index in [2.05, 4.69) is 31.9 Å². The molecule has 0 aromatic carbocycles. The van der Waals surface area contributed by atoms with E-state index in [0.717, 1.165) is 0 Å². The molecule has 0 rings (SSSR count). The van der Waals surface area contributed by atoms with Crippen LogP contribution in [-0.2, 0) is 36.3 Å². The van der Waals surface area contributed by atoms with E-state index in [1.54, 1.807) is 0 Å². The summed E-state index contributed by atoms with van der Waals surface area (Å²) >= 11 is 41.6. The quantitative estimate of drug-likeness (QED) is 0.0577. The van der Waals surface area contributed by atoms with E-state index < -0.39 is 45.5 Å². The Morgan fingerprint density at radius 3 is 1.27 bits per heavy atom. The molecule has 0 N–H and O–H groups in total. The predicted molar refractivity (Wildman–Crippen MR) is 162 cm³/mol. The SMILES string of the molecule is [B]CC(CCl)OP(=O)(OCC(C[B])(CBr)COP(=O)(OC(CCl)CCl)OC(CCl)CBr)OC(CCl)CCl. The zero-order valence-electron chi connectivity index (χ0n) is 19.6. The van der Waals surface area contributed by atoms with Crippen molar-refractivity contribution in [3.05, 3.63) is 0 Å². The maximum atomic E-state index is 13.5. The Kier molecular flexibility index (Phi) is 23.5. The Bertz CT molecular complexity index is 606. The van der Waals surface area contributed by atoms with Gasteiger partial charge in [-0.1, -0.05) is 44.5 Å². The standard InChI is InChI=1S/C17H28B2Br2Cl6O8P2/c18-1-13(3-22)32-36(28,34-15(5-24)6-25)30-11-17(9-19,10-21)12-31-37(29,33-14(2-20)4-23)35-16(7-26)8-27/h13-16H,1-12H2. The van der Waals surface area contributed by atoms with Crippen molar-refractivity contribution in [2.45, 2.75) is 37.1 Å². The van der Waals surface area contributed by atoms with Crippen molar-refractivity contribution in [2.75, 3.05) is 59.2 Å². The lowest BCUT2D eigenvalue weighted by molar-refractivity contribution is 0.0225. The molecule has 216 valence electrons. The molecule has 0 aliphatic carbocycles. The zero-order chi connectivity index (χ0) is 28.5. The summed E-state index contributed by atoms with van der Waals surface area (Å²) in [4.78, 5) is 0. The topological polar surface area (TPSA) is 89.5 Å². The Balaban J connectivity index is 5.85. The van der Waals surface area contributed by atoms with Crippen LogP contribution in [0.4, 0.5) is 0 Å². The number of alkyl halides is 8. The van der Waals surface area contributed by atoms with E-state index in [4.69, 9.17) is 112 Å². The highest BCUT2D eigenvalue weighted by Crippen LogP contribution is 2.56. The summed E-state index contributed by atoms with van der Waals surface area (Å²) in [6.07, 6.45) is -3.44. The molecule has 0 aromatic heterocycles. The monoisotopic (exact) mass is 812 g/mol. The third kappa shape index (κ3) is 15.4. The van der Waals surface area contributed by atoms with Crippen molar-refractivity contribution in [1.82, 2.24) is 0 Å². The molecule has 0 spiro atoms. The largest absolute Gasteiger partial charge is 0.475 e. The molecule has 0 bridgehead atoms. The van der Waals surface area contributed by atoms with Gasteiger partial charge in [0.2, 0.25) is 0 Å². The minimum atomic E-state index is -4.30. The summed E-state index contributed by atoms with van der Waals surface area (Å²) in [6.45, 7) is -0.695. The first-order valence-corrected chi connectivity index (χ1v) is 19.0. The van der Waals surface area contributed by atoms with Gasteiger partial charge in [-0.25, -0.2) is 9.13 Å². The summed E-state index contributed by atoms with van der Waals surface area (Å²) in [7, 11) is 3.04. The number of hydrogen-bond acceptors (Lipinski definition) is 8. The van der Waals surface area contributed by atoms with Crippen LogP contribution in [0.1, 0.15) is 0 Å². The normalized spacial score (nSPS) is 18.9. The number of hydrogen-bond donors (Lipinski definition) is 0. The van der Waals surface area contributed by atoms with E-state index in [0.29, 0.717) is 0 Å². The smallest absolute Gasteiger partial charge is 0.286 e. The minimum absolute atomic E-state index is 0.0129. The second-order valence-electron chi connectivity index (χ2n) is 7.50. The summed E-state index contributed by atoms with van der Waals surface area (Å²) < 4.78 is 60.0. The molecule has 20 heteroatoms. The van der Waals surface area contributed by atoms with Crippen LogP contribution in [0.25, 0.3) is 0 Å². The summed E-state index contributed by atoms with van der Waals surface area (Å²) in [6, 6.07) is 0. The summed E-state index contributed by atoms with van der Waals surface area (Å²) in [5.74, 6) is -0.431. The number of halogens is 8. The van der Waals surface area contributed by atoms with Crippen molar-refractivity contribution >= 4 is 133 Å². The third-order valence-corrected chi connectivity index (χ3v) is 11.4. The van der Waals surface area contributed by atoms with E-state index >= 15 is 0 Å². The molecular weight excluding hydrogens is 788 g/mol. The molecule has 0 aliphatic heterocycles. The third-order valence-electron chi connectivity index (χ3n) is 4.35. The molecule has 0 heterocycles. The van der Waals surface area contributed by atoms with Crippen LogP contribution in [0.5, 0.6) is 0 Å².